The van der Waals surface area contributed by atoms with Crippen LogP contribution in [0.4, 0.5) is 0 Å². The Balaban J connectivity index is 0.00000264. The third-order valence-corrected chi connectivity index (χ3v) is 3.15. The largest absolute Gasteiger partial charge is 0.385 e. The van der Waals surface area contributed by atoms with Crippen LogP contribution in [0.15, 0.2) is 29.4 Å². The summed E-state index contributed by atoms with van der Waals surface area (Å²) in [6.07, 6.45) is 3.68. The summed E-state index contributed by atoms with van der Waals surface area (Å²) in [5, 5.41) is 14.9. The van der Waals surface area contributed by atoms with Gasteiger partial charge in [0.1, 0.15) is 5.82 Å². The summed E-state index contributed by atoms with van der Waals surface area (Å²) in [6, 6.07) is 5.89. The molecule has 2 aromatic rings. The van der Waals surface area contributed by atoms with Crippen LogP contribution in [0.2, 0.25) is 0 Å². The Morgan fingerprint density at radius 3 is 2.96 bits per heavy atom. The molecule has 0 radical (unpaired) electrons. The fourth-order valence-electron chi connectivity index (χ4n) is 2.10. The van der Waals surface area contributed by atoms with Crippen molar-refractivity contribution in [1.29, 1.82) is 0 Å². The van der Waals surface area contributed by atoms with E-state index >= 15 is 0 Å². The van der Waals surface area contributed by atoms with Gasteiger partial charge in [0, 0.05) is 46.0 Å². The van der Waals surface area contributed by atoms with Gasteiger partial charge >= 0.3 is 0 Å². The molecule has 23 heavy (non-hydrogen) atoms. The van der Waals surface area contributed by atoms with E-state index in [9.17, 15) is 0 Å². The molecule has 0 unspecified atom stereocenters. The van der Waals surface area contributed by atoms with E-state index in [1.165, 1.54) is 0 Å². The van der Waals surface area contributed by atoms with Gasteiger partial charge in [-0.1, -0.05) is 6.07 Å². The molecule has 0 saturated carbocycles. The number of hydrogen-bond acceptors (Lipinski definition) is 4. The molecule has 2 heterocycles. The maximum atomic E-state index is 5.03. The minimum Gasteiger partial charge on any atom is -0.385 e. The maximum Gasteiger partial charge on any atom is 0.191 e. The average molecular weight is 432 g/mol. The summed E-state index contributed by atoms with van der Waals surface area (Å²) in [7, 11) is 1.70. The number of aliphatic imine (C=N–C) groups is 1. The molecule has 0 atom stereocenters. The molecule has 2 aromatic heterocycles. The molecule has 2 N–H and O–H groups in total. The van der Waals surface area contributed by atoms with Gasteiger partial charge in [0.2, 0.25) is 0 Å². The van der Waals surface area contributed by atoms with Gasteiger partial charge in [0.15, 0.2) is 11.6 Å². The van der Waals surface area contributed by atoms with Crippen LogP contribution >= 0.6 is 24.0 Å². The van der Waals surface area contributed by atoms with Crippen molar-refractivity contribution in [1.82, 2.24) is 25.2 Å². The molecule has 0 saturated heterocycles. The van der Waals surface area contributed by atoms with Crippen molar-refractivity contribution in [2.24, 2.45) is 4.99 Å². The number of guanidine groups is 1. The summed E-state index contributed by atoms with van der Waals surface area (Å²) in [5.74, 6) is 1.77. The van der Waals surface area contributed by atoms with E-state index in [2.05, 4.69) is 32.7 Å². The summed E-state index contributed by atoms with van der Waals surface area (Å²) in [4.78, 5) is 4.50. The van der Waals surface area contributed by atoms with Crippen LogP contribution in [0.3, 0.4) is 0 Å². The van der Waals surface area contributed by atoms with Crippen LogP contribution in [0, 0.1) is 0 Å². The molecule has 0 bridgehead atoms. The third-order valence-electron chi connectivity index (χ3n) is 3.15. The molecular weight excluding hydrogens is 407 g/mol. The number of nitrogens with one attached hydrogen (secondary N) is 2. The Kier molecular flexibility index (Phi) is 9.53. The van der Waals surface area contributed by atoms with E-state index < -0.39 is 0 Å². The van der Waals surface area contributed by atoms with Gasteiger partial charge in [-0.15, -0.1) is 34.2 Å². The quantitative estimate of drug-likeness (QED) is 0.286. The first-order valence-corrected chi connectivity index (χ1v) is 7.65. The number of aromatic nitrogens is 3. The van der Waals surface area contributed by atoms with Gasteiger partial charge in [0.05, 0.1) is 0 Å². The minimum absolute atomic E-state index is 0. The standard InChI is InChI=1S/C15H24N6O.HI/c1-3-16-15(17-9-6-12-22-2)18-10-8-14-20-19-13-7-4-5-11-21(13)14;/h4-5,7,11H,3,6,8-10,12H2,1-2H3,(H2,16,17,18);1H. The Labute approximate surface area is 153 Å². The molecular formula is C15H25IN6O. The van der Waals surface area contributed by atoms with Crippen LogP contribution in [-0.4, -0.2) is 53.9 Å². The van der Waals surface area contributed by atoms with Crippen molar-refractivity contribution < 1.29 is 4.74 Å². The van der Waals surface area contributed by atoms with Gasteiger partial charge in [-0.3, -0.25) is 9.39 Å². The molecule has 0 amide bonds. The molecule has 0 aliphatic rings. The fraction of sp³-hybridized carbons (Fsp3) is 0.533. The highest BCUT2D eigenvalue weighted by molar-refractivity contribution is 14.0. The maximum absolute atomic E-state index is 5.03. The van der Waals surface area contributed by atoms with E-state index in [4.69, 9.17) is 4.74 Å². The van der Waals surface area contributed by atoms with Crippen LogP contribution in [0.1, 0.15) is 19.2 Å². The van der Waals surface area contributed by atoms with Gasteiger partial charge in [-0.05, 0) is 25.5 Å². The van der Waals surface area contributed by atoms with E-state index in [-0.39, 0.29) is 24.0 Å². The zero-order chi connectivity index (χ0) is 15.6. The first kappa shape index (κ1) is 19.6. The van der Waals surface area contributed by atoms with E-state index in [0.717, 1.165) is 56.5 Å². The smallest absolute Gasteiger partial charge is 0.191 e. The zero-order valence-electron chi connectivity index (χ0n) is 13.7. The molecule has 2 rings (SSSR count). The third kappa shape index (κ3) is 6.30. The summed E-state index contributed by atoms with van der Waals surface area (Å²) >= 11 is 0. The van der Waals surface area contributed by atoms with Crippen molar-refractivity contribution >= 4 is 35.6 Å². The minimum atomic E-state index is 0. The van der Waals surface area contributed by atoms with Crippen LogP contribution < -0.4 is 10.6 Å². The Morgan fingerprint density at radius 2 is 2.17 bits per heavy atom. The highest BCUT2D eigenvalue weighted by Crippen LogP contribution is 2.02. The van der Waals surface area contributed by atoms with Gasteiger partial charge in [0.25, 0.3) is 0 Å². The topological polar surface area (TPSA) is 75.8 Å². The number of pyridine rings is 1. The van der Waals surface area contributed by atoms with Gasteiger partial charge in [-0.2, -0.15) is 0 Å². The molecule has 7 nitrogen and oxygen atoms in total. The Hall–Kier alpha value is -1.42. The lowest BCUT2D eigenvalue weighted by Crippen LogP contribution is -2.38. The number of methoxy groups -OCH3 is 1. The first-order chi connectivity index (χ1) is 10.8. The molecule has 0 aliphatic heterocycles. The van der Waals surface area contributed by atoms with Crippen molar-refractivity contribution in [3.05, 3.63) is 30.2 Å². The van der Waals surface area contributed by atoms with Crippen molar-refractivity contribution in [2.75, 3.05) is 33.4 Å². The predicted molar refractivity (Wildman–Crippen MR) is 103 cm³/mol. The number of halogens is 1. The summed E-state index contributed by atoms with van der Waals surface area (Å²) < 4.78 is 7.03. The lowest BCUT2D eigenvalue weighted by molar-refractivity contribution is 0.197. The molecule has 0 fully saturated rings. The predicted octanol–water partition coefficient (Wildman–Crippen LogP) is 1.48. The number of fused-ring (bicyclic) bond motifs is 1. The molecule has 0 aromatic carbocycles. The molecule has 0 aliphatic carbocycles. The highest BCUT2D eigenvalue weighted by atomic mass is 127. The van der Waals surface area contributed by atoms with Crippen molar-refractivity contribution in [3.63, 3.8) is 0 Å². The van der Waals surface area contributed by atoms with E-state index in [1.807, 2.05) is 28.8 Å². The Bertz CT molecular complexity index is 600. The molecule has 8 heteroatoms. The second-order valence-corrected chi connectivity index (χ2v) is 4.83. The first-order valence-electron chi connectivity index (χ1n) is 7.65. The van der Waals surface area contributed by atoms with Crippen LogP contribution in [0.5, 0.6) is 0 Å². The molecule has 128 valence electrons. The Morgan fingerprint density at radius 1 is 1.30 bits per heavy atom. The zero-order valence-corrected chi connectivity index (χ0v) is 16.0. The van der Waals surface area contributed by atoms with Crippen LogP contribution in [0.25, 0.3) is 5.65 Å². The van der Waals surface area contributed by atoms with Crippen molar-refractivity contribution in [2.45, 2.75) is 19.8 Å². The van der Waals surface area contributed by atoms with Gasteiger partial charge in [-0.25, -0.2) is 0 Å². The van der Waals surface area contributed by atoms with Crippen LogP contribution in [-0.2, 0) is 11.2 Å². The fourth-order valence-corrected chi connectivity index (χ4v) is 2.10. The lowest BCUT2D eigenvalue weighted by Gasteiger charge is -2.10. The number of hydrogen-bond donors (Lipinski definition) is 2. The molecule has 0 spiro atoms. The average Bonchev–Trinajstić information content (AvgIpc) is 2.95. The monoisotopic (exact) mass is 432 g/mol. The SMILES string of the molecule is CCNC(=NCCCOC)NCCc1nnc2ccccn12.I. The highest BCUT2D eigenvalue weighted by Gasteiger charge is 2.04. The number of ether oxygens (including phenoxy) is 1. The normalized spacial score (nSPS) is 11.3. The summed E-state index contributed by atoms with van der Waals surface area (Å²) in [5.41, 5.74) is 0.873. The second kappa shape index (κ2) is 11.2. The van der Waals surface area contributed by atoms with E-state index in [0.29, 0.717) is 0 Å². The lowest BCUT2D eigenvalue weighted by atomic mass is 10.4. The number of nitrogens with zero attached hydrogens (tertiary/aromatic N) is 4. The van der Waals surface area contributed by atoms with Gasteiger partial charge < -0.3 is 15.4 Å². The number of rotatable bonds is 8. The van der Waals surface area contributed by atoms with Crippen molar-refractivity contribution in [3.8, 4) is 0 Å². The summed E-state index contributed by atoms with van der Waals surface area (Å²) in [6.45, 7) is 5.12. The van der Waals surface area contributed by atoms with E-state index in [1.54, 1.807) is 7.11 Å². The second-order valence-electron chi connectivity index (χ2n) is 4.83.